The number of benzene rings is 1. The van der Waals surface area contributed by atoms with E-state index < -0.39 is 10.0 Å². The van der Waals surface area contributed by atoms with E-state index in [0.717, 1.165) is 11.1 Å². The Kier molecular flexibility index (Phi) is 8.22. The molecule has 1 aliphatic heterocycles. The fourth-order valence-corrected chi connectivity index (χ4v) is 5.50. The number of rotatable bonds is 9. The molecule has 1 atom stereocenters. The molecule has 0 bridgehead atoms. The first-order valence-electron chi connectivity index (χ1n) is 10.8. The molecule has 0 spiro atoms. The van der Waals surface area contributed by atoms with Gasteiger partial charge in [0.25, 0.3) is 0 Å². The molecule has 0 aliphatic carbocycles. The van der Waals surface area contributed by atoms with E-state index >= 15 is 0 Å². The lowest BCUT2D eigenvalue weighted by Gasteiger charge is -2.31. The molecule has 1 fully saturated rings. The second kappa shape index (κ2) is 10.9. The van der Waals surface area contributed by atoms with Crippen LogP contribution < -0.4 is 5.32 Å². The number of aromatic nitrogens is 1. The molecule has 3 rings (SSSR count). The van der Waals surface area contributed by atoms with Gasteiger partial charge in [0, 0.05) is 33.4 Å². The summed E-state index contributed by atoms with van der Waals surface area (Å²) >= 11 is 0. The summed E-state index contributed by atoms with van der Waals surface area (Å²) in [5.74, 6) is -0.315. The predicted molar refractivity (Wildman–Crippen MR) is 122 cm³/mol. The van der Waals surface area contributed by atoms with Crippen LogP contribution in [0.3, 0.4) is 0 Å². The van der Waals surface area contributed by atoms with Gasteiger partial charge >= 0.3 is 0 Å². The van der Waals surface area contributed by atoms with Gasteiger partial charge in [0.2, 0.25) is 15.9 Å². The van der Waals surface area contributed by atoms with Crippen LogP contribution in [0.15, 0.2) is 33.7 Å². The minimum atomic E-state index is -3.86. The summed E-state index contributed by atoms with van der Waals surface area (Å²) in [4.78, 5) is 12.6. The van der Waals surface area contributed by atoms with E-state index in [0.29, 0.717) is 44.7 Å². The Morgan fingerprint density at radius 1 is 1.28 bits per heavy atom. The summed E-state index contributed by atoms with van der Waals surface area (Å²) in [6.07, 6.45) is 5.42. The summed E-state index contributed by atoms with van der Waals surface area (Å²) < 4.78 is 38.6. The van der Waals surface area contributed by atoms with E-state index in [9.17, 15) is 13.2 Å². The van der Waals surface area contributed by atoms with Gasteiger partial charge in [0.15, 0.2) is 10.7 Å². The van der Waals surface area contributed by atoms with Gasteiger partial charge in [0.1, 0.15) is 5.69 Å². The van der Waals surface area contributed by atoms with Crippen molar-refractivity contribution in [2.45, 2.75) is 38.0 Å². The Morgan fingerprint density at radius 2 is 2.03 bits per heavy atom. The molecule has 174 valence electrons. The first kappa shape index (κ1) is 24.2. The molecule has 0 radical (unpaired) electrons. The molecular weight excluding hydrogens is 430 g/mol. The summed E-state index contributed by atoms with van der Waals surface area (Å²) in [6, 6.07) is 7.86. The number of nitrogens with one attached hydrogen (secondary N) is 1. The van der Waals surface area contributed by atoms with E-state index in [1.54, 1.807) is 26.2 Å². The monoisotopic (exact) mass is 461 g/mol. The number of piperidine rings is 1. The highest BCUT2D eigenvalue weighted by Gasteiger charge is 2.36. The molecule has 1 aromatic heterocycles. The maximum Gasteiger partial charge on any atom is 0.248 e. The molecule has 1 saturated heterocycles. The second-order valence-corrected chi connectivity index (χ2v) is 9.92. The summed E-state index contributed by atoms with van der Waals surface area (Å²) in [7, 11) is -2.25. The number of ether oxygens (including phenoxy) is 1. The van der Waals surface area contributed by atoms with E-state index in [-0.39, 0.29) is 29.0 Å². The number of nitrogens with zero attached hydrogens (tertiary/aromatic N) is 2. The number of carbonyl (C=O) groups excluding carboxylic acids is 1. The van der Waals surface area contributed by atoms with Crippen LogP contribution in [0.1, 0.15) is 41.8 Å². The maximum atomic E-state index is 13.5. The largest absolute Gasteiger partial charge is 0.385 e. The Hall–Kier alpha value is -2.49. The molecular formula is C23H31N3O5S. The lowest BCUT2D eigenvalue weighted by Crippen LogP contribution is -2.45. The molecule has 32 heavy (non-hydrogen) atoms. The molecule has 0 saturated carbocycles. The molecule has 1 N–H and O–H groups in total. The van der Waals surface area contributed by atoms with Crippen molar-refractivity contribution < 1.29 is 22.5 Å². The smallest absolute Gasteiger partial charge is 0.248 e. The van der Waals surface area contributed by atoms with Gasteiger partial charge in [0.05, 0.1) is 5.92 Å². The van der Waals surface area contributed by atoms with Crippen molar-refractivity contribution in [3.8, 4) is 0 Å². The Labute approximate surface area is 189 Å². The lowest BCUT2D eigenvalue weighted by molar-refractivity contribution is -0.126. The fourth-order valence-electron chi connectivity index (χ4n) is 3.72. The number of amides is 1. The molecule has 2 aromatic rings. The van der Waals surface area contributed by atoms with Crippen molar-refractivity contribution in [3.05, 3.63) is 46.8 Å². The SMILES string of the molecule is COCCCNC(=O)C1CCCN(S(=O)(=O)c2c(C)noc2/C=C/c2ccc(C)cc2)C1. The number of hydrogen-bond acceptors (Lipinski definition) is 6. The Balaban J connectivity index is 1.75. The minimum Gasteiger partial charge on any atom is -0.385 e. The fraction of sp³-hybridized carbons (Fsp3) is 0.478. The van der Waals surface area contributed by atoms with Crippen LogP contribution in [0.4, 0.5) is 0 Å². The van der Waals surface area contributed by atoms with Crippen molar-refractivity contribution in [1.29, 1.82) is 0 Å². The average Bonchev–Trinajstić information content (AvgIpc) is 3.17. The van der Waals surface area contributed by atoms with Gasteiger partial charge in [-0.3, -0.25) is 4.79 Å². The Morgan fingerprint density at radius 3 is 2.75 bits per heavy atom. The zero-order valence-corrected chi connectivity index (χ0v) is 19.7. The second-order valence-electron chi connectivity index (χ2n) is 8.04. The lowest BCUT2D eigenvalue weighted by atomic mass is 9.99. The number of hydrogen-bond donors (Lipinski definition) is 1. The Bertz CT molecular complexity index is 1040. The summed E-state index contributed by atoms with van der Waals surface area (Å²) in [6.45, 7) is 5.20. The normalized spacial score (nSPS) is 17.7. The van der Waals surface area contributed by atoms with Crippen LogP contribution in [0.5, 0.6) is 0 Å². The van der Waals surface area contributed by atoms with Gasteiger partial charge in [-0.15, -0.1) is 0 Å². The van der Waals surface area contributed by atoms with Crippen LogP contribution in [-0.2, 0) is 19.6 Å². The van der Waals surface area contributed by atoms with E-state index in [2.05, 4.69) is 10.5 Å². The van der Waals surface area contributed by atoms with Crippen LogP contribution in [-0.4, -0.2) is 57.1 Å². The van der Waals surface area contributed by atoms with Crippen molar-refractivity contribution in [3.63, 3.8) is 0 Å². The molecule has 1 unspecified atom stereocenters. The van der Waals surface area contributed by atoms with Gasteiger partial charge in [-0.1, -0.05) is 41.1 Å². The van der Waals surface area contributed by atoms with Crippen LogP contribution in [0.25, 0.3) is 12.2 Å². The highest BCUT2D eigenvalue weighted by Crippen LogP contribution is 2.29. The average molecular weight is 462 g/mol. The van der Waals surface area contributed by atoms with Gasteiger partial charge in [-0.25, -0.2) is 8.42 Å². The summed E-state index contributed by atoms with van der Waals surface area (Å²) in [5.41, 5.74) is 2.37. The van der Waals surface area contributed by atoms with Crippen LogP contribution in [0, 0.1) is 19.8 Å². The molecule has 1 aromatic carbocycles. The van der Waals surface area contributed by atoms with E-state index in [1.165, 1.54) is 4.31 Å². The third kappa shape index (κ3) is 5.85. The quantitative estimate of drug-likeness (QED) is 0.576. The van der Waals surface area contributed by atoms with Crippen molar-refractivity contribution in [2.24, 2.45) is 5.92 Å². The first-order chi connectivity index (χ1) is 15.3. The minimum absolute atomic E-state index is 0.0574. The standard InChI is InChI=1S/C23H31N3O5S/c1-17-7-9-19(10-8-17)11-12-21-22(18(2)25-31-21)32(28,29)26-14-4-6-20(16-26)23(27)24-13-5-15-30-3/h7-12,20H,4-6,13-16H2,1-3H3,(H,24,27)/b12-11+. The van der Waals surface area contributed by atoms with Gasteiger partial charge in [-0.05, 0) is 44.7 Å². The highest BCUT2D eigenvalue weighted by atomic mass is 32.2. The predicted octanol–water partition coefficient (Wildman–Crippen LogP) is 3.02. The zero-order chi connectivity index (χ0) is 23.1. The summed E-state index contributed by atoms with van der Waals surface area (Å²) in [5, 5.41) is 6.77. The molecule has 2 heterocycles. The third-order valence-electron chi connectivity index (χ3n) is 5.52. The zero-order valence-electron chi connectivity index (χ0n) is 18.8. The number of carbonyl (C=O) groups is 1. The molecule has 1 aliphatic rings. The first-order valence-corrected chi connectivity index (χ1v) is 12.2. The van der Waals surface area contributed by atoms with Crippen molar-refractivity contribution in [2.75, 3.05) is 33.4 Å². The number of aryl methyl sites for hydroxylation is 2. The number of sulfonamides is 1. The van der Waals surface area contributed by atoms with Crippen LogP contribution in [0.2, 0.25) is 0 Å². The van der Waals surface area contributed by atoms with Gasteiger partial charge < -0.3 is 14.6 Å². The molecule has 9 heteroatoms. The van der Waals surface area contributed by atoms with Crippen molar-refractivity contribution in [1.82, 2.24) is 14.8 Å². The highest BCUT2D eigenvalue weighted by molar-refractivity contribution is 7.89. The number of methoxy groups -OCH3 is 1. The molecule has 1 amide bonds. The van der Waals surface area contributed by atoms with E-state index in [4.69, 9.17) is 9.26 Å². The third-order valence-corrected chi connectivity index (χ3v) is 7.54. The van der Waals surface area contributed by atoms with Crippen molar-refractivity contribution >= 4 is 28.1 Å². The maximum absolute atomic E-state index is 13.5. The topological polar surface area (TPSA) is 102 Å². The van der Waals surface area contributed by atoms with E-state index in [1.807, 2.05) is 31.2 Å². The van der Waals surface area contributed by atoms with Gasteiger partial charge in [-0.2, -0.15) is 4.31 Å². The van der Waals surface area contributed by atoms with Crippen LogP contribution >= 0.6 is 0 Å². The molecule has 8 nitrogen and oxygen atoms in total.